The third-order valence-corrected chi connectivity index (χ3v) is 5.72. The molecule has 3 heterocycles. The van der Waals surface area contributed by atoms with Crippen molar-refractivity contribution in [3.05, 3.63) is 80.3 Å². The first-order chi connectivity index (χ1) is 13.5. The lowest BCUT2D eigenvalue weighted by Crippen LogP contribution is -2.31. The minimum Gasteiger partial charge on any atom is -0.460 e. The van der Waals surface area contributed by atoms with Crippen molar-refractivity contribution >= 4 is 17.6 Å². The molecule has 1 atom stereocenters. The van der Waals surface area contributed by atoms with Gasteiger partial charge in [0.1, 0.15) is 6.61 Å². The van der Waals surface area contributed by atoms with Crippen LogP contribution in [0.4, 0.5) is 0 Å². The van der Waals surface area contributed by atoms with Gasteiger partial charge in [0.15, 0.2) is 0 Å². The Kier molecular flexibility index (Phi) is 4.80. The molecule has 0 saturated carbocycles. The summed E-state index contributed by atoms with van der Waals surface area (Å²) in [6.45, 7) is 6.68. The van der Waals surface area contributed by atoms with Gasteiger partial charge in [0.2, 0.25) is 0 Å². The molecule has 0 spiro atoms. The van der Waals surface area contributed by atoms with Crippen molar-refractivity contribution in [2.24, 2.45) is 0 Å². The van der Waals surface area contributed by atoms with Crippen molar-refractivity contribution in [3.63, 3.8) is 0 Å². The number of aryl methyl sites for hydroxylation is 1. The van der Waals surface area contributed by atoms with Crippen LogP contribution in [0, 0.1) is 6.92 Å². The topological polar surface area (TPSA) is 48.3 Å². The summed E-state index contributed by atoms with van der Waals surface area (Å²) in [6, 6.07) is 10.3. The number of rotatable bonds is 3. The van der Waals surface area contributed by atoms with Crippen LogP contribution in [-0.4, -0.2) is 10.5 Å². The fourth-order valence-corrected chi connectivity index (χ4v) is 4.02. The Bertz CT molecular complexity index is 1070. The van der Waals surface area contributed by atoms with Crippen molar-refractivity contribution in [1.82, 2.24) is 4.57 Å². The maximum absolute atomic E-state index is 13.2. The molecule has 0 bridgehead atoms. The van der Waals surface area contributed by atoms with Crippen LogP contribution in [0.15, 0.2) is 46.8 Å². The second-order valence-corrected chi connectivity index (χ2v) is 7.62. The molecule has 144 valence electrons. The predicted molar refractivity (Wildman–Crippen MR) is 111 cm³/mol. The fraction of sp³-hybridized carbons (Fsp3) is 0.333. The van der Waals surface area contributed by atoms with Gasteiger partial charge >= 0.3 is 5.97 Å². The standard InChI is InChI=1S/C24H25NO3/c1-4-5-10-19-18(11-17-9-7-6-8-15(17)2)13-25-22(19)12-20-16(3)24(27)28-14-21(20)23(25)26/h6-12,16H,4-5,13-14H2,1-3H3/b18-11-,19-10-. The number of pyridine rings is 1. The van der Waals surface area contributed by atoms with E-state index in [1.807, 2.05) is 29.7 Å². The Hall–Kier alpha value is -2.88. The van der Waals surface area contributed by atoms with Crippen LogP contribution in [-0.2, 0) is 22.7 Å². The molecule has 4 nitrogen and oxygen atoms in total. The molecule has 1 unspecified atom stereocenters. The first kappa shape index (κ1) is 18.5. The molecule has 2 aliphatic heterocycles. The maximum Gasteiger partial charge on any atom is 0.313 e. The van der Waals surface area contributed by atoms with Crippen LogP contribution in [0.1, 0.15) is 60.6 Å². The van der Waals surface area contributed by atoms with E-state index in [2.05, 4.69) is 38.1 Å². The molecule has 1 aromatic heterocycles. The average molecular weight is 375 g/mol. The molecule has 28 heavy (non-hydrogen) atoms. The highest BCUT2D eigenvalue weighted by molar-refractivity contribution is 5.87. The van der Waals surface area contributed by atoms with Crippen LogP contribution in [0.5, 0.6) is 0 Å². The number of fused-ring (bicyclic) bond motifs is 2. The Labute approximate surface area is 165 Å². The van der Waals surface area contributed by atoms with Crippen molar-refractivity contribution in [2.75, 3.05) is 0 Å². The molecule has 4 heteroatoms. The lowest BCUT2D eigenvalue weighted by Gasteiger charge is -2.22. The summed E-state index contributed by atoms with van der Waals surface area (Å²) in [5.74, 6) is -0.663. The lowest BCUT2D eigenvalue weighted by molar-refractivity contribution is -0.147. The van der Waals surface area contributed by atoms with Gasteiger partial charge in [0.05, 0.1) is 23.7 Å². The van der Waals surface area contributed by atoms with E-state index in [4.69, 9.17) is 4.74 Å². The van der Waals surface area contributed by atoms with Crippen LogP contribution in [0.25, 0.3) is 11.6 Å². The molecule has 0 amide bonds. The van der Waals surface area contributed by atoms with E-state index in [0.717, 1.165) is 40.8 Å². The van der Waals surface area contributed by atoms with Gasteiger partial charge in [-0.05, 0) is 60.2 Å². The largest absolute Gasteiger partial charge is 0.460 e. The summed E-state index contributed by atoms with van der Waals surface area (Å²) < 4.78 is 7.04. The molecular formula is C24H25NO3. The zero-order valence-electron chi connectivity index (χ0n) is 16.6. The number of hydrogen-bond acceptors (Lipinski definition) is 3. The zero-order chi connectivity index (χ0) is 19.8. The van der Waals surface area contributed by atoms with Crippen molar-refractivity contribution < 1.29 is 9.53 Å². The third kappa shape index (κ3) is 3.03. The first-order valence-corrected chi connectivity index (χ1v) is 9.91. The molecule has 4 rings (SSSR count). The number of carbonyl (C=O) groups excluding carboxylic acids is 1. The molecule has 0 fully saturated rings. The number of hydrogen-bond donors (Lipinski definition) is 0. The lowest BCUT2D eigenvalue weighted by atomic mass is 9.92. The summed E-state index contributed by atoms with van der Waals surface area (Å²) in [5.41, 5.74) is 6.92. The van der Waals surface area contributed by atoms with Gasteiger partial charge in [-0.2, -0.15) is 0 Å². The first-order valence-electron chi connectivity index (χ1n) is 9.91. The van der Waals surface area contributed by atoms with Crippen molar-refractivity contribution in [2.45, 2.75) is 52.7 Å². The minimum atomic E-state index is -0.404. The van der Waals surface area contributed by atoms with Crippen molar-refractivity contribution in [1.29, 1.82) is 0 Å². The molecule has 2 aliphatic rings. The monoisotopic (exact) mass is 375 g/mol. The quantitative estimate of drug-likeness (QED) is 0.737. The minimum absolute atomic E-state index is 0.0394. The molecular weight excluding hydrogens is 350 g/mol. The number of aromatic nitrogens is 1. The molecule has 2 aromatic rings. The van der Waals surface area contributed by atoms with Crippen LogP contribution in [0.3, 0.4) is 0 Å². The van der Waals surface area contributed by atoms with E-state index in [1.54, 1.807) is 0 Å². The molecule has 0 aliphatic carbocycles. The molecule has 0 N–H and O–H groups in total. The zero-order valence-corrected chi connectivity index (χ0v) is 16.6. The van der Waals surface area contributed by atoms with Gasteiger partial charge in [-0.1, -0.05) is 43.7 Å². The summed E-state index contributed by atoms with van der Waals surface area (Å²) in [6.07, 6.45) is 6.40. The molecule has 0 saturated heterocycles. The van der Waals surface area contributed by atoms with Crippen LogP contribution >= 0.6 is 0 Å². The van der Waals surface area contributed by atoms with Gasteiger partial charge in [-0.25, -0.2) is 0 Å². The Morgan fingerprint density at radius 1 is 1.25 bits per heavy atom. The Morgan fingerprint density at radius 2 is 2.04 bits per heavy atom. The SMILES string of the molecule is CCC/C=C1/C(=C\c2ccccc2C)Cn2c1cc1c(c2=O)COC(=O)C1C. The summed E-state index contributed by atoms with van der Waals surface area (Å²) in [5, 5.41) is 0. The van der Waals surface area contributed by atoms with Gasteiger partial charge in [0.25, 0.3) is 5.56 Å². The smallest absolute Gasteiger partial charge is 0.313 e. The second kappa shape index (κ2) is 7.27. The van der Waals surface area contributed by atoms with Crippen molar-refractivity contribution in [3.8, 4) is 0 Å². The number of allylic oxidation sites excluding steroid dienone is 3. The van der Waals surface area contributed by atoms with Crippen LogP contribution in [0.2, 0.25) is 0 Å². The van der Waals surface area contributed by atoms with E-state index in [9.17, 15) is 9.59 Å². The van der Waals surface area contributed by atoms with Gasteiger partial charge in [-0.3, -0.25) is 9.59 Å². The number of benzene rings is 1. The van der Waals surface area contributed by atoms with E-state index in [0.29, 0.717) is 12.1 Å². The summed E-state index contributed by atoms with van der Waals surface area (Å²) in [4.78, 5) is 25.2. The number of ether oxygens (including phenoxy) is 1. The number of esters is 1. The maximum atomic E-state index is 13.2. The normalized spacial score (nSPS) is 21.0. The highest BCUT2D eigenvalue weighted by atomic mass is 16.5. The number of nitrogens with zero attached hydrogens (tertiary/aromatic N) is 1. The fourth-order valence-electron chi connectivity index (χ4n) is 4.02. The number of unbranched alkanes of at least 4 members (excludes halogenated alkanes) is 1. The molecule has 1 aromatic carbocycles. The molecule has 0 radical (unpaired) electrons. The summed E-state index contributed by atoms with van der Waals surface area (Å²) >= 11 is 0. The number of cyclic esters (lactones) is 1. The summed E-state index contributed by atoms with van der Waals surface area (Å²) in [7, 11) is 0. The highest BCUT2D eigenvalue weighted by Crippen LogP contribution is 2.36. The van der Waals surface area contributed by atoms with E-state index >= 15 is 0 Å². The Morgan fingerprint density at radius 3 is 2.79 bits per heavy atom. The van der Waals surface area contributed by atoms with E-state index in [1.165, 1.54) is 5.56 Å². The van der Waals surface area contributed by atoms with Crippen LogP contribution < -0.4 is 5.56 Å². The third-order valence-electron chi connectivity index (χ3n) is 5.72. The highest BCUT2D eigenvalue weighted by Gasteiger charge is 2.32. The van der Waals surface area contributed by atoms with E-state index < -0.39 is 5.92 Å². The van der Waals surface area contributed by atoms with E-state index in [-0.39, 0.29) is 18.1 Å². The Balaban J connectivity index is 1.89. The van der Waals surface area contributed by atoms with Gasteiger partial charge < -0.3 is 9.30 Å². The second-order valence-electron chi connectivity index (χ2n) is 7.62. The predicted octanol–water partition coefficient (Wildman–Crippen LogP) is 4.60. The average Bonchev–Trinajstić information content (AvgIpc) is 3.03. The van der Waals surface area contributed by atoms with Gasteiger partial charge in [0, 0.05) is 0 Å². The number of carbonyl (C=O) groups is 1. The van der Waals surface area contributed by atoms with Gasteiger partial charge in [-0.15, -0.1) is 0 Å².